The van der Waals surface area contributed by atoms with E-state index < -0.39 is 12.0 Å². The van der Waals surface area contributed by atoms with Gasteiger partial charge in [-0.2, -0.15) is 5.10 Å². The van der Waals surface area contributed by atoms with Crippen molar-refractivity contribution < 1.29 is 14.6 Å². The van der Waals surface area contributed by atoms with Crippen LogP contribution in [0.5, 0.6) is 5.75 Å². The van der Waals surface area contributed by atoms with Gasteiger partial charge >= 0.3 is 5.97 Å². The maximum atomic E-state index is 11.9. The average molecular weight is 345 g/mol. The molecule has 2 aromatic rings. The third kappa shape index (κ3) is 4.60. The van der Waals surface area contributed by atoms with Crippen molar-refractivity contribution in [3.63, 3.8) is 0 Å². The van der Waals surface area contributed by atoms with Crippen LogP contribution in [0, 0.1) is 20.8 Å². The number of aryl methyl sites for hydroxylation is 4. The zero-order valence-corrected chi connectivity index (χ0v) is 15.6. The number of carbonyl (C=O) groups is 1. The van der Waals surface area contributed by atoms with Crippen molar-refractivity contribution in [1.82, 2.24) is 14.7 Å². The van der Waals surface area contributed by atoms with Crippen LogP contribution in [0.3, 0.4) is 0 Å². The summed E-state index contributed by atoms with van der Waals surface area (Å²) in [5, 5.41) is 14.2. The number of carboxylic acids is 1. The summed E-state index contributed by atoms with van der Waals surface area (Å²) in [6, 6.07) is 6.93. The van der Waals surface area contributed by atoms with Gasteiger partial charge in [-0.25, -0.2) is 0 Å². The summed E-state index contributed by atoms with van der Waals surface area (Å²) in [4.78, 5) is 13.7. The van der Waals surface area contributed by atoms with E-state index in [0.29, 0.717) is 17.9 Å². The number of hydrogen-bond acceptors (Lipinski definition) is 4. The van der Waals surface area contributed by atoms with Gasteiger partial charge in [0.15, 0.2) is 0 Å². The maximum Gasteiger partial charge on any atom is 0.325 e. The van der Waals surface area contributed by atoms with Crippen molar-refractivity contribution in [3.05, 3.63) is 46.8 Å². The highest BCUT2D eigenvalue weighted by molar-refractivity contribution is 5.76. The molecule has 0 saturated heterocycles. The van der Waals surface area contributed by atoms with Gasteiger partial charge in [0.2, 0.25) is 0 Å². The van der Waals surface area contributed by atoms with E-state index >= 15 is 0 Å². The molecule has 0 amide bonds. The lowest BCUT2D eigenvalue weighted by atomic mass is 10.0. The van der Waals surface area contributed by atoms with Crippen molar-refractivity contribution in [2.45, 2.75) is 39.8 Å². The Morgan fingerprint density at radius 1 is 1.32 bits per heavy atom. The smallest absolute Gasteiger partial charge is 0.325 e. The number of nitrogens with zero attached hydrogens (tertiary/aromatic N) is 3. The molecule has 136 valence electrons. The molecule has 6 nitrogen and oxygen atoms in total. The molecular formula is C19H27N3O3. The molecule has 0 radical (unpaired) electrons. The van der Waals surface area contributed by atoms with Crippen molar-refractivity contribution in [2.75, 3.05) is 20.7 Å². The van der Waals surface area contributed by atoms with Crippen LogP contribution in [0.2, 0.25) is 0 Å². The van der Waals surface area contributed by atoms with E-state index in [-0.39, 0.29) is 0 Å². The van der Waals surface area contributed by atoms with E-state index in [2.05, 4.69) is 5.10 Å². The molecule has 0 bridgehead atoms. The van der Waals surface area contributed by atoms with E-state index in [9.17, 15) is 9.90 Å². The molecule has 0 unspecified atom stereocenters. The zero-order valence-electron chi connectivity index (χ0n) is 15.6. The topological polar surface area (TPSA) is 67.6 Å². The quantitative estimate of drug-likeness (QED) is 0.797. The minimum atomic E-state index is -0.877. The first kappa shape index (κ1) is 19.0. The Balaban J connectivity index is 2.10. The van der Waals surface area contributed by atoms with Gasteiger partial charge in [-0.15, -0.1) is 0 Å². The molecule has 6 heteroatoms. The normalized spacial score (nSPS) is 12.4. The van der Waals surface area contributed by atoms with Crippen LogP contribution in [-0.2, 0) is 11.3 Å². The number of methoxy groups -OCH3 is 1. The highest BCUT2D eigenvalue weighted by atomic mass is 16.5. The summed E-state index contributed by atoms with van der Waals surface area (Å²) >= 11 is 0. The van der Waals surface area contributed by atoms with Crippen molar-refractivity contribution in [3.8, 4) is 5.75 Å². The van der Waals surface area contributed by atoms with E-state index in [1.54, 1.807) is 7.11 Å². The van der Waals surface area contributed by atoms with Crippen LogP contribution >= 0.6 is 0 Å². The van der Waals surface area contributed by atoms with Crippen LogP contribution in [0.15, 0.2) is 24.3 Å². The Morgan fingerprint density at radius 2 is 2.04 bits per heavy atom. The molecule has 1 heterocycles. The largest absolute Gasteiger partial charge is 0.496 e. The third-order valence-electron chi connectivity index (χ3n) is 4.34. The fourth-order valence-electron chi connectivity index (χ4n) is 3.13. The molecule has 0 aliphatic carbocycles. The number of likely N-dealkylation sites (N-methyl/N-ethyl adjacent to an activating group) is 1. The summed E-state index contributed by atoms with van der Waals surface area (Å²) in [6.45, 7) is 7.36. The Bertz CT molecular complexity index is 740. The number of hydrogen-bond donors (Lipinski definition) is 1. The minimum absolute atomic E-state index is 0.600. The Kier molecular flexibility index (Phi) is 6.20. The highest BCUT2D eigenvalue weighted by Gasteiger charge is 2.27. The Hall–Kier alpha value is -2.34. The lowest BCUT2D eigenvalue weighted by molar-refractivity contribution is -0.143. The molecule has 0 aliphatic rings. The Morgan fingerprint density at radius 3 is 2.60 bits per heavy atom. The second-order valence-corrected chi connectivity index (χ2v) is 6.47. The van der Waals surface area contributed by atoms with Crippen LogP contribution in [-0.4, -0.2) is 46.5 Å². The molecule has 1 aromatic carbocycles. The van der Waals surface area contributed by atoms with Gasteiger partial charge in [-0.1, -0.05) is 17.7 Å². The average Bonchev–Trinajstić information content (AvgIpc) is 2.85. The molecule has 25 heavy (non-hydrogen) atoms. The second-order valence-electron chi connectivity index (χ2n) is 6.47. The molecule has 1 aromatic heterocycles. The number of benzene rings is 1. The fraction of sp³-hybridized carbons (Fsp3) is 0.474. The van der Waals surface area contributed by atoms with Crippen LogP contribution < -0.4 is 4.74 Å². The molecule has 0 spiro atoms. The second kappa shape index (κ2) is 8.16. The standard InChI is InChI=1S/C19H27N3O3/c1-13-7-8-17(25-5)16(11-13)18(19(23)24)21(4)9-6-10-22-15(3)12-14(2)20-22/h7-8,11-12,18H,6,9-10H2,1-5H3,(H,23,24)/t18-/m1/s1. The van der Waals surface area contributed by atoms with Gasteiger partial charge in [0.25, 0.3) is 0 Å². The predicted octanol–water partition coefficient (Wildman–Crippen LogP) is 2.96. The highest BCUT2D eigenvalue weighted by Crippen LogP contribution is 2.30. The summed E-state index contributed by atoms with van der Waals surface area (Å²) in [5.74, 6) is -0.277. The monoisotopic (exact) mass is 345 g/mol. The van der Waals surface area contributed by atoms with E-state index in [1.807, 2.05) is 61.7 Å². The predicted molar refractivity (Wildman–Crippen MR) is 97.1 cm³/mol. The van der Waals surface area contributed by atoms with E-state index in [1.165, 1.54) is 0 Å². The summed E-state index contributed by atoms with van der Waals surface area (Å²) in [6.07, 6.45) is 0.816. The summed E-state index contributed by atoms with van der Waals surface area (Å²) in [5.41, 5.74) is 3.82. The van der Waals surface area contributed by atoms with Gasteiger partial charge in [-0.05, 0) is 46.4 Å². The number of rotatable bonds is 8. The van der Waals surface area contributed by atoms with Crippen molar-refractivity contribution >= 4 is 5.97 Å². The van der Waals surface area contributed by atoms with Gasteiger partial charge in [0.1, 0.15) is 11.8 Å². The van der Waals surface area contributed by atoms with Gasteiger partial charge in [0.05, 0.1) is 12.8 Å². The summed E-state index contributed by atoms with van der Waals surface area (Å²) < 4.78 is 7.33. The first-order chi connectivity index (χ1) is 11.8. The first-order valence-electron chi connectivity index (χ1n) is 8.42. The zero-order chi connectivity index (χ0) is 18.6. The van der Waals surface area contributed by atoms with Gasteiger partial charge in [-0.3, -0.25) is 14.4 Å². The molecule has 2 rings (SSSR count). The number of ether oxygens (including phenoxy) is 1. The third-order valence-corrected chi connectivity index (χ3v) is 4.34. The molecule has 1 N–H and O–H groups in total. The van der Waals surface area contributed by atoms with Gasteiger partial charge < -0.3 is 9.84 Å². The SMILES string of the molecule is COc1ccc(C)cc1[C@H](C(=O)O)N(C)CCCn1nc(C)cc1C. The lowest BCUT2D eigenvalue weighted by Crippen LogP contribution is -2.32. The van der Waals surface area contributed by atoms with E-state index in [0.717, 1.165) is 29.9 Å². The van der Waals surface area contributed by atoms with Gasteiger partial charge in [0, 0.05) is 24.3 Å². The first-order valence-corrected chi connectivity index (χ1v) is 8.42. The van der Waals surface area contributed by atoms with Crippen molar-refractivity contribution in [1.29, 1.82) is 0 Å². The minimum Gasteiger partial charge on any atom is -0.496 e. The van der Waals surface area contributed by atoms with Crippen molar-refractivity contribution in [2.24, 2.45) is 0 Å². The summed E-state index contributed by atoms with van der Waals surface area (Å²) in [7, 11) is 3.40. The molecule has 0 saturated carbocycles. The molecule has 0 fully saturated rings. The van der Waals surface area contributed by atoms with E-state index in [4.69, 9.17) is 4.74 Å². The number of carboxylic acid groups (broad SMARTS) is 1. The number of aromatic nitrogens is 2. The van der Waals surface area contributed by atoms with Crippen LogP contribution in [0.4, 0.5) is 0 Å². The lowest BCUT2D eigenvalue weighted by Gasteiger charge is -2.26. The maximum absolute atomic E-state index is 11.9. The molecule has 0 aliphatic heterocycles. The van der Waals surface area contributed by atoms with Crippen LogP contribution in [0.1, 0.15) is 35.0 Å². The molecular weight excluding hydrogens is 318 g/mol. The fourth-order valence-corrected chi connectivity index (χ4v) is 3.13. The van der Waals surface area contributed by atoms with Crippen LogP contribution in [0.25, 0.3) is 0 Å². The number of aliphatic carboxylic acids is 1. The molecule has 1 atom stereocenters. The Labute approximate surface area is 149 Å².